The molecule has 0 aliphatic heterocycles. The Kier molecular flexibility index (Phi) is 7.77. The van der Waals surface area contributed by atoms with Crippen molar-refractivity contribution in [3.63, 3.8) is 0 Å². The Morgan fingerprint density at radius 2 is 1.78 bits per heavy atom. The van der Waals surface area contributed by atoms with Crippen molar-refractivity contribution in [2.24, 2.45) is 0 Å². The number of hydrogen-bond donors (Lipinski definition) is 1. The summed E-state index contributed by atoms with van der Waals surface area (Å²) < 4.78 is 7.82. The van der Waals surface area contributed by atoms with Crippen LogP contribution in [0.1, 0.15) is 78.1 Å². The van der Waals surface area contributed by atoms with E-state index in [0.29, 0.717) is 23.8 Å². The number of benzene rings is 2. The van der Waals surface area contributed by atoms with Crippen LogP contribution in [-0.4, -0.2) is 27.8 Å². The van der Waals surface area contributed by atoms with Gasteiger partial charge in [0.2, 0.25) is 0 Å². The van der Waals surface area contributed by atoms with Crippen LogP contribution in [-0.2, 0) is 11.3 Å². The molecule has 4 aromatic rings. The molecule has 0 radical (unpaired) electrons. The number of fused-ring (bicyclic) bond motifs is 1. The Labute approximate surface area is 218 Å². The van der Waals surface area contributed by atoms with Crippen molar-refractivity contribution in [1.82, 2.24) is 14.9 Å². The number of pyridine rings is 1. The predicted octanol–water partition coefficient (Wildman–Crippen LogP) is 6.28. The molecule has 0 unspecified atom stereocenters. The molecule has 0 bridgehead atoms. The van der Waals surface area contributed by atoms with Crippen molar-refractivity contribution < 1.29 is 14.3 Å². The lowest BCUT2D eigenvalue weighted by Gasteiger charge is -2.16. The number of ether oxygens (including phenoxy) is 1. The highest BCUT2D eigenvalue weighted by molar-refractivity contribution is 5.99. The Hall–Kier alpha value is -3.93. The number of hydrogen-bond acceptors (Lipinski definition) is 4. The third-order valence-corrected chi connectivity index (χ3v) is 6.95. The molecule has 1 N–H and O–H groups in total. The van der Waals surface area contributed by atoms with Gasteiger partial charge < -0.3 is 14.6 Å². The third kappa shape index (κ3) is 5.74. The fourth-order valence-corrected chi connectivity index (χ4v) is 4.57. The average Bonchev–Trinajstić information content (AvgIpc) is 3.13. The van der Waals surface area contributed by atoms with Crippen LogP contribution in [0.25, 0.3) is 10.9 Å². The number of rotatable bonds is 9. The van der Waals surface area contributed by atoms with E-state index < -0.39 is 6.10 Å². The molecule has 6 heteroatoms. The summed E-state index contributed by atoms with van der Waals surface area (Å²) in [6.07, 6.45) is 1.94. The summed E-state index contributed by atoms with van der Waals surface area (Å²) in [7, 11) is 0. The van der Waals surface area contributed by atoms with E-state index in [1.807, 2.05) is 37.3 Å². The van der Waals surface area contributed by atoms with Gasteiger partial charge in [0.25, 0.3) is 5.91 Å². The fourth-order valence-electron chi connectivity index (χ4n) is 4.57. The van der Waals surface area contributed by atoms with Crippen LogP contribution in [0.4, 0.5) is 0 Å². The van der Waals surface area contributed by atoms with E-state index in [2.05, 4.69) is 60.8 Å². The monoisotopic (exact) mass is 497 g/mol. The summed E-state index contributed by atoms with van der Waals surface area (Å²) in [5, 5.41) is 4.20. The predicted molar refractivity (Wildman–Crippen MR) is 147 cm³/mol. The highest BCUT2D eigenvalue weighted by atomic mass is 16.5. The van der Waals surface area contributed by atoms with Gasteiger partial charge in [0.15, 0.2) is 12.4 Å². The van der Waals surface area contributed by atoms with Crippen molar-refractivity contribution in [1.29, 1.82) is 0 Å². The normalized spacial score (nSPS) is 12.9. The number of nitrogens with one attached hydrogen (secondary N) is 1. The van der Waals surface area contributed by atoms with Crippen LogP contribution in [0.5, 0.6) is 5.75 Å². The summed E-state index contributed by atoms with van der Waals surface area (Å²) in [4.78, 5) is 28.6. The molecule has 0 saturated carbocycles. The van der Waals surface area contributed by atoms with Gasteiger partial charge in [-0.25, -0.2) is 0 Å². The zero-order chi connectivity index (χ0) is 26.7. The number of aryl methyl sites for hydroxylation is 1. The van der Waals surface area contributed by atoms with E-state index >= 15 is 0 Å². The van der Waals surface area contributed by atoms with Crippen LogP contribution >= 0.6 is 0 Å². The summed E-state index contributed by atoms with van der Waals surface area (Å²) in [5.41, 5.74) is 7.10. The number of amides is 1. The first kappa shape index (κ1) is 26.1. The van der Waals surface area contributed by atoms with Crippen molar-refractivity contribution in [3.8, 4) is 5.75 Å². The second-order valence-electron chi connectivity index (χ2n) is 9.99. The second kappa shape index (κ2) is 11.0. The number of aldehydes is 1. The van der Waals surface area contributed by atoms with Gasteiger partial charge in [-0.3, -0.25) is 14.6 Å². The minimum Gasteiger partial charge on any atom is -0.483 e. The van der Waals surface area contributed by atoms with Crippen LogP contribution in [0, 0.1) is 13.8 Å². The van der Waals surface area contributed by atoms with Gasteiger partial charge in [0.1, 0.15) is 5.75 Å². The van der Waals surface area contributed by atoms with Crippen LogP contribution < -0.4 is 10.1 Å². The molecule has 0 spiro atoms. The molecule has 37 heavy (non-hydrogen) atoms. The summed E-state index contributed by atoms with van der Waals surface area (Å²) in [6.45, 7) is 12.8. The van der Waals surface area contributed by atoms with E-state index in [-0.39, 0.29) is 11.9 Å². The van der Waals surface area contributed by atoms with Gasteiger partial charge in [-0.05, 0) is 74.6 Å². The average molecular weight is 498 g/mol. The fraction of sp³-hybridized carbons (Fsp3) is 0.323. The topological polar surface area (TPSA) is 73.2 Å². The molecule has 2 aromatic heterocycles. The number of aromatic nitrogens is 2. The molecule has 0 fully saturated rings. The maximum Gasteiger partial charge on any atom is 0.251 e. The van der Waals surface area contributed by atoms with Crippen LogP contribution in [0.3, 0.4) is 0 Å². The zero-order valence-corrected chi connectivity index (χ0v) is 22.4. The SMILES string of the molecule is Cc1c(C)n(Cc2cc(O[C@@H](C)C=O)ccn2)c2ccc(C(=O)N[C@@H](C)c3cccc(C(C)C)c3)cc12. The van der Waals surface area contributed by atoms with Gasteiger partial charge >= 0.3 is 0 Å². The second-order valence-corrected chi connectivity index (χ2v) is 9.99. The smallest absolute Gasteiger partial charge is 0.251 e. The van der Waals surface area contributed by atoms with E-state index in [4.69, 9.17) is 4.74 Å². The number of carbonyl (C=O) groups excluding carboxylic acids is 2. The molecule has 192 valence electrons. The lowest BCUT2D eigenvalue weighted by Crippen LogP contribution is -2.26. The van der Waals surface area contributed by atoms with Crippen molar-refractivity contribution in [2.45, 2.75) is 66.2 Å². The first-order valence-electron chi connectivity index (χ1n) is 12.7. The molecule has 2 atom stereocenters. The molecule has 2 heterocycles. The maximum absolute atomic E-state index is 13.2. The Bertz CT molecular complexity index is 1440. The van der Waals surface area contributed by atoms with Crippen molar-refractivity contribution >= 4 is 23.1 Å². The Balaban J connectivity index is 1.57. The van der Waals surface area contributed by atoms with E-state index in [9.17, 15) is 9.59 Å². The number of carbonyl (C=O) groups is 2. The zero-order valence-electron chi connectivity index (χ0n) is 22.4. The van der Waals surface area contributed by atoms with Gasteiger partial charge in [0.05, 0.1) is 18.3 Å². The van der Waals surface area contributed by atoms with Crippen molar-refractivity contribution in [3.05, 3.63) is 94.4 Å². The van der Waals surface area contributed by atoms with E-state index in [0.717, 1.165) is 39.7 Å². The molecular weight excluding hydrogens is 462 g/mol. The van der Waals surface area contributed by atoms with E-state index in [1.54, 1.807) is 19.2 Å². The van der Waals surface area contributed by atoms with E-state index in [1.165, 1.54) is 5.56 Å². The highest BCUT2D eigenvalue weighted by Crippen LogP contribution is 2.28. The Morgan fingerprint density at radius 1 is 1.03 bits per heavy atom. The van der Waals surface area contributed by atoms with Crippen LogP contribution in [0.2, 0.25) is 0 Å². The maximum atomic E-state index is 13.2. The van der Waals surface area contributed by atoms with Gasteiger partial charge in [-0.15, -0.1) is 0 Å². The molecule has 2 aromatic carbocycles. The van der Waals surface area contributed by atoms with Gasteiger partial charge in [-0.2, -0.15) is 0 Å². The molecule has 0 aliphatic rings. The van der Waals surface area contributed by atoms with Crippen LogP contribution in [0.15, 0.2) is 60.8 Å². The summed E-state index contributed by atoms with van der Waals surface area (Å²) >= 11 is 0. The molecular formula is C31H35N3O3. The standard InChI is InChI=1S/C31H35N3O3/c1-19(2)24-8-7-9-25(14-24)22(5)33-31(36)26-10-11-30-29(15-26)21(4)23(6)34(30)17-27-16-28(12-13-32-27)37-20(3)18-35/h7-16,18-20,22H,17H2,1-6H3,(H,33,36)/t20-,22-/m0/s1. The largest absolute Gasteiger partial charge is 0.483 e. The minimum absolute atomic E-state index is 0.0926. The van der Waals surface area contributed by atoms with Gasteiger partial charge in [0, 0.05) is 34.4 Å². The highest BCUT2D eigenvalue weighted by Gasteiger charge is 2.17. The summed E-state index contributed by atoms with van der Waals surface area (Å²) in [5.74, 6) is 0.957. The Morgan fingerprint density at radius 3 is 2.51 bits per heavy atom. The molecule has 1 amide bonds. The lowest BCUT2D eigenvalue weighted by atomic mass is 9.98. The van der Waals surface area contributed by atoms with Crippen molar-refractivity contribution in [2.75, 3.05) is 0 Å². The quantitative estimate of drug-likeness (QED) is 0.276. The van der Waals surface area contributed by atoms with Gasteiger partial charge in [-0.1, -0.05) is 38.1 Å². The first-order chi connectivity index (χ1) is 17.7. The summed E-state index contributed by atoms with van der Waals surface area (Å²) in [6, 6.07) is 17.8. The third-order valence-electron chi connectivity index (χ3n) is 6.95. The molecule has 0 saturated heterocycles. The molecule has 4 rings (SSSR count). The first-order valence-corrected chi connectivity index (χ1v) is 12.7. The number of nitrogens with zero attached hydrogens (tertiary/aromatic N) is 2. The molecule has 0 aliphatic carbocycles. The molecule has 6 nitrogen and oxygen atoms in total. The minimum atomic E-state index is -0.516. The lowest BCUT2D eigenvalue weighted by molar-refractivity contribution is -0.113.